The summed E-state index contributed by atoms with van der Waals surface area (Å²) in [6.07, 6.45) is 4.39. The molecule has 2 atom stereocenters. The molecule has 2 saturated heterocycles. The molecule has 1 N–H and O–H groups in total. The monoisotopic (exact) mass is 328 g/mol. The predicted molar refractivity (Wildman–Crippen MR) is 82.9 cm³/mol. The van der Waals surface area contributed by atoms with Gasteiger partial charge in [0, 0.05) is 18.6 Å². The minimum absolute atomic E-state index is 0. The first kappa shape index (κ1) is 16.8. The second kappa shape index (κ2) is 7.11. The number of amides is 1. The number of halogens is 1. The van der Waals surface area contributed by atoms with E-state index in [4.69, 9.17) is 9.47 Å². The highest BCUT2D eigenvalue weighted by atomic mass is 35.5. The summed E-state index contributed by atoms with van der Waals surface area (Å²) in [7, 11) is 2.99. The Labute approximate surface area is 135 Å². The zero-order valence-corrected chi connectivity index (χ0v) is 13.6. The SMILES string of the molecule is COc1ncnc(OC)c1C(=O)N1C2CCNCC1CC2.Cl. The molecule has 1 aromatic heterocycles. The van der Waals surface area contributed by atoms with Crippen LogP contribution in [0.3, 0.4) is 0 Å². The number of rotatable bonds is 3. The first-order chi connectivity index (χ1) is 10.3. The van der Waals surface area contributed by atoms with Crippen LogP contribution in [0.2, 0.25) is 0 Å². The lowest BCUT2D eigenvalue weighted by molar-refractivity contribution is 0.0671. The van der Waals surface area contributed by atoms with Crippen LogP contribution in [0, 0.1) is 0 Å². The smallest absolute Gasteiger partial charge is 0.265 e. The molecule has 22 heavy (non-hydrogen) atoms. The van der Waals surface area contributed by atoms with Gasteiger partial charge in [-0.2, -0.15) is 0 Å². The Morgan fingerprint density at radius 3 is 2.45 bits per heavy atom. The molecule has 1 amide bonds. The fourth-order valence-corrected chi connectivity index (χ4v) is 3.29. The van der Waals surface area contributed by atoms with Gasteiger partial charge in [0.15, 0.2) is 5.56 Å². The molecule has 2 bridgehead atoms. The van der Waals surface area contributed by atoms with Gasteiger partial charge in [-0.3, -0.25) is 4.79 Å². The summed E-state index contributed by atoms with van der Waals surface area (Å²) in [6, 6.07) is 0.492. The molecule has 2 fully saturated rings. The number of carbonyl (C=O) groups is 1. The molecule has 0 radical (unpaired) electrons. The average Bonchev–Trinajstić information content (AvgIpc) is 2.78. The van der Waals surface area contributed by atoms with Crippen LogP contribution in [0.4, 0.5) is 0 Å². The Kier molecular flexibility index (Phi) is 5.42. The summed E-state index contributed by atoms with van der Waals surface area (Å²) in [5.41, 5.74) is 0.321. The van der Waals surface area contributed by atoms with Crippen molar-refractivity contribution in [2.75, 3.05) is 27.3 Å². The topological polar surface area (TPSA) is 76.6 Å². The summed E-state index contributed by atoms with van der Waals surface area (Å²) in [6.45, 7) is 1.78. The predicted octanol–water partition coefficient (Wildman–Crippen LogP) is 0.882. The number of ether oxygens (including phenoxy) is 2. The summed E-state index contributed by atoms with van der Waals surface area (Å²) in [5.74, 6) is 0.437. The van der Waals surface area contributed by atoms with E-state index in [0.717, 1.165) is 32.4 Å². The molecule has 7 nitrogen and oxygen atoms in total. The first-order valence-electron chi connectivity index (χ1n) is 7.22. The Balaban J connectivity index is 0.00000176. The third-order valence-electron chi connectivity index (χ3n) is 4.27. The van der Waals surface area contributed by atoms with E-state index in [9.17, 15) is 4.79 Å². The average molecular weight is 329 g/mol. The number of methoxy groups -OCH3 is 2. The normalized spacial score (nSPS) is 23.5. The van der Waals surface area contributed by atoms with Crippen LogP contribution in [-0.2, 0) is 0 Å². The molecule has 0 aliphatic carbocycles. The van der Waals surface area contributed by atoms with E-state index in [0.29, 0.717) is 5.56 Å². The highest BCUT2D eigenvalue weighted by Gasteiger charge is 2.40. The van der Waals surface area contributed by atoms with Crippen LogP contribution < -0.4 is 14.8 Å². The molecule has 0 aromatic carbocycles. The van der Waals surface area contributed by atoms with E-state index >= 15 is 0 Å². The van der Waals surface area contributed by atoms with Crippen molar-refractivity contribution in [1.29, 1.82) is 0 Å². The number of nitrogens with one attached hydrogen (secondary N) is 1. The zero-order chi connectivity index (χ0) is 14.8. The van der Waals surface area contributed by atoms with Gasteiger partial charge in [0.1, 0.15) is 6.33 Å². The Hall–Kier alpha value is -1.60. The van der Waals surface area contributed by atoms with Gasteiger partial charge in [0.05, 0.1) is 14.2 Å². The molecule has 3 rings (SSSR count). The van der Waals surface area contributed by atoms with Gasteiger partial charge in [-0.15, -0.1) is 12.4 Å². The maximum atomic E-state index is 13.0. The van der Waals surface area contributed by atoms with Crippen LogP contribution in [0.5, 0.6) is 11.8 Å². The minimum Gasteiger partial charge on any atom is -0.480 e. The van der Waals surface area contributed by atoms with Crippen LogP contribution in [-0.4, -0.2) is 60.2 Å². The number of aromatic nitrogens is 2. The quantitative estimate of drug-likeness (QED) is 0.887. The van der Waals surface area contributed by atoms with Crippen LogP contribution in [0.15, 0.2) is 6.33 Å². The second-order valence-corrected chi connectivity index (χ2v) is 5.36. The number of hydrogen-bond acceptors (Lipinski definition) is 6. The van der Waals surface area contributed by atoms with Crippen molar-refractivity contribution in [1.82, 2.24) is 20.2 Å². The molecule has 3 heterocycles. The van der Waals surface area contributed by atoms with Crippen molar-refractivity contribution < 1.29 is 14.3 Å². The first-order valence-corrected chi connectivity index (χ1v) is 7.22. The lowest BCUT2D eigenvalue weighted by Crippen LogP contribution is -2.42. The van der Waals surface area contributed by atoms with E-state index in [-0.39, 0.29) is 42.2 Å². The number of carbonyl (C=O) groups excluding carboxylic acids is 1. The fourth-order valence-electron chi connectivity index (χ4n) is 3.29. The zero-order valence-electron chi connectivity index (χ0n) is 12.7. The standard InChI is InChI=1S/C14H20N4O3.ClH/c1-20-12-11(13(21-2)17-8-16-12)14(19)18-9-3-4-10(18)7-15-6-5-9;/h8-10,15H,3-7H2,1-2H3;1H. The number of hydrogen-bond donors (Lipinski definition) is 1. The molecule has 2 aliphatic rings. The molecule has 8 heteroatoms. The third-order valence-corrected chi connectivity index (χ3v) is 4.27. The van der Waals surface area contributed by atoms with Gasteiger partial charge in [-0.25, -0.2) is 9.97 Å². The largest absolute Gasteiger partial charge is 0.480 e. The molecule has 2 aliphatic heterocycles. The van der Waals surface area contributed by atoms with Crippen LogP contribution in [0.1, 0.15) is 29.6 Å². The van der Waals surface area contributed by atoms with E-state index in [2.05, 4.69) is 15.3 Å². The van der Waals surface area contributed by atoms with E-state index in [1.165, 1.54) is 20.5 Å². The van der Waals surface area contributed by atoms with Gasteiger partial charge in [0.25, 0.3) is 5.91 Å². The summed E-state index contributed by atoms with van der Waals surface area (Å²) < 4.78 is 10.5. The minimum atomic E-state index is -0.0968. The van der Waals surface area contributed by atoms with Crippen molar-refractivity contribution in [2.24, 2.45) is 0 Å². The molecule has 1 aromatic rings. The Bertz CT molecular complexity index is 507. The van der Waals surface area contributed by atoms with Gasteiger partial charge in [-0.05, 0) is 25.8 Å². The van der Waals surface area contributed by atoms with Crippen molar-refractivity contribution in [3.8, 4) is 11.8 Å². The Morgan fingerprint density at radius 2 is 1.82 bits per heavy atom. The molecule has 2 unspecified atom stereocenters. The maximum Gasteiger partial charge on any atom is 0.265 e. The van der Waals surface area contributed by atoms with Crippen molar-refractivity contribution in [2.45, 2.75) is 31.3 Å². The third kappa shape index (κ3) is 2.83. The van der Waals surface area contributed by atoms with Gasteiger partial charge >= 0.3 is 0 Å². The lowest BCUT2D eigenvalue weighted by Gasteiger charge is -2.28. The van der Waals surface area contributed by atoms with Crippen LogP contribution in [0.25, 0.3) is 0 Å². The van der Waals surface area contributed by atoms with Crippen LogP contribution >= 0.6 is 12.4 Å². The number of fused-ring (bicyclic) bond motifs is 2. The molecular formula is C14H21ClN4O3. The highest BCUT2D eigenvalue weighted by Crippen LogP contribution is 2.33. The van der Waals surface area contributed by atoms with E-state index in [1.807, 2.05) is 4.90 Å². The lowest BCUT2D eigenvalue weighted by atomic mass is 10.1. The molecule has 0 spiro atoms. The van der Waals surface area contributed by atoms with E-state index in [1.54, 1.807) is 0 Å². The molecule has 0 saturated carbocycles. The van der Waals surface area contributed by atoms with Gasteiger partial charge in [-0.1, -0.05) is 0 Å². The van der Waals surface area contributed by atoms with Gasteiger partial charge in [0.2, 0.25) is 11.8 Å². The summed E-state index contributed by atoms with van der Waals surface area (Å²) in [5, 5.41) is 3.38. The molecular weight excluding hydrogens is 308 g/mol. The fraction of sp³-hybridized carbons (Fsp3) is 0.643. The summed E-state index contributed by atoms with van der Waals surface area (Å²) >= 11 is 0. The second-order valence-electron chi connectivity index (χ2n) is 5.36. The van der Waals surface area contributed by atoms with Crippen molar-refractivity contribution >= 4 is 18.3 Å². The van der Waals surface area contributed by atoms with E-state index < -0.39 is 0 Å². The van der Waals surface area contributed by atoms with Gasteiger partial charge < -0.3 is 19.7 Å². The van der Waals surface area contributed by atoms with Crippen molar-refractivity contribution in [3.63, 3.8) is 0 Å². The Morgan fingerprint density at radius 1 is 1.18 bits per heavy atom. The number of nitrogens with zero attached hydrogens (tertiary/aromatic N) is 3. The highest BCUT2D eigenvalue weighted by molar-refractivity contribution is 5.99. The van der Waals surface area contributed by atoms with Crippen molar-refractivity contribution in [3.05, 3.63) is 11.9 Å². The maximum absolute atomic E-state index is 13.0. The molecule has 122 valence electrons. The summed E-state index contributed by atoms with van der Waals surface area (Å²) in [4.78, 5) is 23.1.